The van der Waals surface area contributed by atoms with E-state index < -0.39 is 5.97 Å². The minimum absolute atomic E-state index is 0.0607. The molecule has 3 rings (SSSR count). The third-order valence-corrected chi connectivity index (χ3v) is 5.13. The van der Waals surface area contributed by atoms with Crippen LogP contribution in [0.2, 0.25) is 5.02 Å². The van der Waals surface area contributed by atoms with Gasteiger partial charge in [0, 0.05) is 24.2 Å². The predicted octanol–water partition coefficient (Wildman–Crippen LogP) is 3.56. The largest absolute Gasteiger partial charge is 0.477 e. The minimum Gasteiger partial charge on any atom is -0.477 e. The number of carboxylic acid groups (broad SMARTS) is 1. The number of nitrogens with zero attached hydrogens (tertiary/aromatic N) is 2. The molecule has 0 amide bonds. The molecule has 124 valence electrons. The molecule has 0 spiro atoms. The molecule has 6 nitrogen and oxygen atoms in total. The molecular formula is C16H14ClN3O3S. The molecular weight excluding hydrogens is 350 g/mol. The van der Waals surface area contributed by atoms with Crippen molar-refractivity contribution in [2.45, 2.75) is 13.3 Å². The molecule has 0 fully saturated rings. The summed E-state index contributed by atoms with van der Waals surface area (Å²) < 4.78 is 5.69. The van der Waals surface area contributed by atoms with Crippen molar-refractivity contribution in [3.63, 3.8) is 0 Å². The normalized spacial score (nSPS) is 10.9. The summed E-state index contributed by atoms with van der Waals surface area (Å²) in [6, 6.07) is 3.82. The maximum Gasteiger partial charge on any atom is 0.348 e. The van der Waals surface area contributed by atoms with Crippen LogP contribution in [0.1, 0.15) is 20.8 Å². The Morgan fingerprint density at radius 3 is 2.79 bits per heavy atom. The number of aryl methyl sites for hydroxylation is 1. The zero-order valence-electron chi connectivity index (χ0n) is 12.7. The van der Waals surface area contributed by atoms with Crippen LogP contribution in [0.25, 0.3) is 10.2 Å². The van der Waals surface area contributed by atoms with E-state index in [0.29, 0.717) is 33.8 Å². The summed E-state index contributed by atoms with van der Waals surface area (Å²) in [6.07, 6.45) is 4.13. The van der Waals surface area contributed by atoms with Crippen molar-refractivity contribution in [1.29, 1.82) is 0 Å². The van der Waals surface area contributed by atoms with E-state index in [0.717, 1.165) is 16.9 Å². The summed E-state index contributed by atoms with van der Waals surface area (Å²) in [5.74, 6) is -0.792. The van der Waals surface area contributed by atoms with Crippen molar-refractivity contribution in [3.8, 4) is 5.88 Å². The number of rotatable bonds is 5. The standard InChI is InChI=1S/C16H14ClN3O3S/c1-8-10-12(18)13(16(21)22)24-15(10)20-14(11(8)17)23-7-4-9-2-5-19-6-3-9/h2-3,5-6H,4,7,18H2,1H3,(H,21,22). The Morgan fingerprint density at radius 1 is 1.42 bits per heavy atom. The summed E-state index contributed by atoms with van der Waals surface area (Å²) in [5.41, 5.74) is 7.87. The molecule has 0 saturated carbocycles. The van der Waals surface area contributed by atoms with Crippen molar-refractivity contribution < 1.29 is 14.6 Å². The number of anilines is 1. The molecule has 0 aromatic carbocycles. The Bertz CT molecular complexity index is 912. The SMILES string of the molecule is Cc1c(Cl)c(OCCc2ccncc2)nc2sc(C(=O)O)c(N)c12. The van der Waals surface area contributed by atoms with Crippen LogP contribution in [-0.4, -0.2) is 27.7 Å². The molecule has 24 heavy (non-hydrogen) atoms. The van der Waals surface area contributed by atoms with Gasteiger partial charge < -0.3 is 15.6 Å². The Hall–Kier alpha value is -2.38. The van der Waals surface area contributed by atoms with Gasteiger partial charge in [-0.15, -0.1) is 11.3 Å². The van der Waals surface area contributed by atoms with E-state index >= 15 is 0 Å². The number of aromatic carboxylic acids is 1. The molecule has 3 aromatic heterocycles. The fourth-order valence-corrected chi connectivity index (χ4v) is 3.53. The lowest BCUT2D eigenvalue weighted by Crippen LogP contribution is -2.04. The van der Waals surface area contributed by atoms with Crippen LogP contribution in [0, 0.1) is 6.92 Å². The minimum atomic E-state index is -1.08. The molecule has 0 radical (unpaired) electrons. The number of hydrogen-bond acceptors (Lipinski definition) is 6. The number of pyridine rings is 2. The number of aromatic nitrogens is 2. The van der Waals surface area contributed by atoms with Crippen molar-refractivity contribution in [2.24, 2.45) is 0 Å². The van der Waals surface area contributed by atoms with Crippen LogP contribution in [0.4, 0.5) is 5.69 Å². The summed E-state index contributed by atoms with van der Waals surface area (Å²) in [7, 11) is 0. The first-order chi connectivity index (χ1) is 11.5. The van der Waals surface area contributed by atoms with Gasteiger partial charge in [0.25, 0.3) is 0 Å². The molecule has 0 unspecified atom stereocenters. The highest BCUT2D eigenvalue weighted by Crippen LogP contribution is 2.40. The highest BCUT2D eigenvalue weighted by Gasteiger charge is 2.21. The van der Waals surface area contributed by atoms with Crippen LogP contribution in [0.3, 0.4) is 0 Å². The van der Waals surface area contributed by atoms with Crippen molar-refractivity contribution >= 4 is 44.8 Å². The number of fused-ring (bicyclic) bond motifs is 1. The van der Waals surface area contributed by atoms with E-state index in [1.165, 1.54) is 0 Å². The molecule has 0 aliphatic rings. The van der Waals surface area contributed by atoms with Gasteiger partial charge in [-0.05, 0) is 30.2 Å². The Labute approximate surface area is 146 Å². The second kappa shape index (κ2) is 6.62. The van der Waals surface area contributed by atoms with Crippen LogP contribution >= 0.6 is 22.9 Å². The number of thiophene rings is 1. The number of carbonyl (C=O) groups is 1. The number of nitrogen functional groups attached to an aromatic ring is 1. The van der Waals surface area contributed by atoms with Crippen LogP contribution in [-0.2, 0) is 6.42 Å². The molecule has 3 aromatic rings. The van der Waals surface area contributed by atoms with Crippen molar-refractivity contribution in [1.82, 2.24) is 9.97 Å². The van der Waals surface area contributed by atoms with Gasteiger partial charge in [-0.25, -0.2) is 9.78 Å². The average molecular weight is 364 g/mol. The van der Waals surface area contributed by atoms with E-state index in [1.807, 2.05) is 12.1 Å². The van der Waals surface area contributed by atoms with Crippen LogP contribution < -0.4 is 10.5 Å². The first-order valence-electron chi connectivity index (χ1n) is 7.12. The molecule has 0 atom stereocenters. The smallest absolute Gasteiger partial charge is 0.348 e. The quantitative estimate of drug-likeness (QED) is 0.719. The average Bonchev–Trinajstić information content (AvgIpc) is 2.90. The van der Waals surface area contributed by atoms with Crippen molar-refractivity contribution in [3.05, 3.63) is 45.6 Å². The maximum atomic E-state index is 11.2. The first kappa shape index (κ1) is 16.5. The van der Waals surface area contributed by atoms with E-state index in [9.17, 15) is 9.90 Å². The number of ether oxygens (including phenoxy) is 1. The molecule has 3 heterocycles. The van der Waals surface area contributed by atoms with E-state index in [1.54, 1.807) is 19.3 Å². The van der Waals surface area contributed by atoms with Gasteiger partial charge in [0.15, 0.2) is 0 Å². The lowest BCUT2D eigenvalue weighted by molar-refractivity contribution is 0.0703. The molecule has 0 aliphatic carbocycles. The monoisotopic (exact) mass is 363 g/mol. The first-order valence-corrected chi connectivity index (χ1v) is 8.31. The lowest BCUT2D eigenvalue weighted by Gasteiger charge is -2.10. The van der Waals surface area contributed by atoms with Crippen molar-refractivity contribution in [2.75, 3.05) is 12.3 Å². The molecule has 0 bridgehead atoms. The molecule has 0 aliphatic heterocycles. The number of carboxylic acids is 1. The highest BCUT2D eigenvalue weighted by molar-refractivity contribution is 7.21. The zero-order chi connectivity index (χ0) is 17.3. The molecule has 0 saturated heterocycles. The summed E-state index contributed by atoms with van der Waals surface area (Å²) >= 11 is 7.34. The predicted molar refractivity (Wildman–Crippen MR) is 94.2 cm³/mol. The number of nitrogens with two attached hydrogens (primary N) is 1. The molecule has 3 N–H and O–H groups in total. The highest BCUT2D eigenvalue weighted by atomic mass is 35.5. The van der Waals surface area contributed by atoms with Gasteiger partial charge in [-0.1, -0.05) is 11.6 Å². The zero-order valence-corrected chi connectivity index (χ0v) is 14.3. The van der Waals surface area contributed by atoms with E-state index in [-0.39, 0.29) is 16.4 Å². The maximum absolute atomic E-state index is 11.2. The lowest BCUT2D eigenvalue weighted by atomic mass is 10.1. The van der Waals surface area contributed by atoms with Gasteiger partial charge in [0.2, 0.25) is 5.88 Å². The van der Waals surface area contributed by atoms with Crippen LogP contribution in [0.5, 0.6) is 5.88 Å². The summed E-state index contributed by atoms with van der Waals surface area (Å²) in [5, 5.41) is 10.1. The second-order valence-electron chi connectivity index (χ2n) is 5.14. The van der Waals surface area contributed by atoms with Crippen LogP contribution in [0.15, 0.2) is 24.5 Å². The summed E-state index contributed by atoms with van der Waals surface area (Å²) in [4.78, 5) is 20.1. The number of hydrogen-bond donors (Lipinski definition) is 2. The third-order valence-electron chi connectivity index (χ3n) is 3.59. The van der Waals surface area contributed by atoms with Gasteiger partial charge in [0.1, 0.15) is 14.7 Å². The molecule has 8 heteroatoms. The number of halogens is 1. The van der Waals surface area contributed by atoms with E-state index in [2.05, 4.69) is 9.97 Å². The van der Waals surface area contributed by atoms with Gasteiger partial charge in [0.05, 0.1) is 12.3 Å². The summed E-state index contributed by atoms with van der Waals surface area (Å²) in [6.45, 7) is 2.17. The topological polar surface area (TPSA) is 98.3 Å². The third kappa shape index (κ3) is 3.00. The van der Waals surface area contributed by atoms with Gasteiger partial charge in [-0.3, -0.25) is 4.98 Å². The Morgan fingerprint density at radius 2 is 2.12 bits per heavy atom. The Kier molecular flexibility index (Phi) is 4.55. The van der Waals surface area contributed by atoms with Gasteiger partial charge in [-0.2, -0.15) is 0 Å². The second-order valence-corrected chi connectivity index (χ2v) is 6.52. The fraction of sp³-hybridized carbons (Fsp3) is 0.188. The van der Waals surface area contributed by atoms with Gasteiger partial charge >= 0.3 is 5.97 Å². The fourth-order valence-electron chi connectivity index (χ4n) is 2.35. The Balaban J connectivity index is 1.88. The van der Waals surface area contributed by atoms with E-state index in [4.69, 9.17) is 22.1 Å².